The van der Waals surface area contributed by atoms with Crippen LogP contribution in [-0.2, 0) is 13.0 Å². The molecule has 3 aromatic rings. The zero-order valence-electron chi connectivity index (χ0n) is 18.1. The second kappa shape index (κ2) is 10.0. The number of pyridine rings is 1. The second-order valence-electron chi connectivity index (χ2n) is 8.27. The molecule has 0 saturated heterocycles. The number of aromatic carboxylic acids is 1. The van der Waals surface area contributed by atoms with Crippen molar-refractivity contribution < 1.29 is 14.6 Å². The lowest BCUT2D eigenvalue weighted by Gasteiger charge is -2.28. The maximum Gasteiger partial charge on any atom is 0.335 e. The molecule has 1 saturated carbocycles. The van der Waals surface area contributed by atoms with E-state index in [0.717, 1.165) is 34.7 Å². The third-order valence-corrected chi connectivity index (χ3v) is 6.39. The van der Waals surface area contributed by atoms with Gasteiger partial charge in [0.15, 0.2) is 0 Å². The van der Waals surface area contributed by atoms with Gasteiger partial charge in [-0.2, -0.15) is 0 Å². The molecule has 0 amide bonds. The van der Waals surface area contributed by atoms with Gasteiger partial charge in [0.2, 0.25) is 0 Å². The maximum absolute atomic E-state index is 11.6. The van der Waals surface area contributed by atoms with E-state index in [1.807, 2.05) is 35.4 Å². The minimum atomic E-state index is -0.962. The highest BCUT2D eigenvalue weighted by Crippen LogP contribution is 2.40. The Morgan fingerprint density at radius 1 is 1.19 bits per heavy atom. The van der Waals surface area contributed by atoms with Crippen molar-refractivity contribution in [2.75, 3.05) is 12.0 Å². The number of ether oxygens (including phenoxy) is 1. The van der Waals surface area contributed by atoms with Crippen molar-refractivity contribution in [2.24, 2.45) is 5.92 Å². The van der Waals surface area contributed by atoms with Crippen LogP contribution in [0.3, 0.4) is 0 Å². The Bertz CT molecular complexity index is 1080. The van der Waals surface area contributed by atoms with Crippen LogP contribution in [0.5, 0.6) is 5.75 Å². The number of anilines is 2. The largest absolute Gasteiger partial charge is 0.496 e. The molecule has 0 unspecified atom stereocenters. The fourth-order valence-electron chi connectivity index (χ4n) is 4.47. The number of hydrogen-bond acceptors (Lipinski definition) is 4. The van der Waals surface area contributed by atoms with Crippen LogP contribution in [0.25, 0.3) is 0 Å². The minimum Gasteiger partial charge on any atom is -0.496 e. The lowest BCUT2D eigenvalue weighted by molar-refractivity contribution is 0.0697. The fourth-order valence-corrected chi connectivity index (χ4v) is 4.72. The molecule has 1 aliphatic rings. The number of carbonyl (C=O) groups is 1. The highest BCUT2D eigenvalue weighted by molar-refractivity contribution is 6.33. The molecule has 1 aliphatic carbocycles. The molecular formula is C26H27ClN2O3. The number of methoxy groups -OCH3 is 1. The number of carboxylic acids is 1. The van der Waals surface area contributed by atoms with E-state index in [-0.39, 0.29) is 5.56 Å². The number of aromatic nitrogens is 1. The van der Waals surface area contributed by atoms with Crippen LogP contribution >= 0.6 is 11.6 Å². The van der Waals surface area contributed by atoms with Crippen molar-refractivity contribution in [3.8, 4) is 5.75 Å². The summed E-state index contributed by atoms with van der Waals surface area (Å²) in [6.07, 6.45) is 9.53. The Balaban J connectivity index is 1.79. The van der Waals surface area contributed by atoms with Gasteiger partial charge in [0.25, 0.3) is 0 Å². The zero-order valence-corrected chi connectivity index (χ0v) is 18.9. The first-order chi connectivity index (χ1) is 15.5. The Kier molecular flexibility index (Phi) is 6.96. The standard InChI is InChI=1S/C26H27ClN2O3/c1-32-25-15-23(27)24(14-21(25)12-18-6-2-3-7-18)29(17-19-8-5-11-28-16-19)22-10-4-9-20(13-22)26(30)31/h4-5,8-11,13-16,18H,2-3,6-7,12,17H2,1H3,(H,30,31). The fraction of sp³-hybridized carbons (Fsp3) is 0.308. The van der Waals surface area contributed by atoms with E-state index in [0.29, 0.717) is 17.5 Å². The average Bonchev–Trinajstić information content (AvgIpc) is 3.32. The molecule has 0 aliphatic heterocycles. The summed E-state index contributed by atoms with van der Waals surface area (Å²) in [5.74, 6) is 0.488. The summed E-state index contributed by atoms with van der Waals surface area (Å²) in [6, 6.07) is 14.8. The summed E-state index contributed by atoms with van der Waals surface area (Å²) >= 11 is 6.76. The van der Waals surface area contributed by atoms with Gasteiger partial charge in [-0.05, 0) is 53.8 Å². The van der Waals surface area contributed by atoms with Crippen LogP contribution in [0.4, 0.5) is 11.4 Å². The van der Waals surface area contributed by atoms with Crippen LogP contribution in [-0.4, -0.2) is 23.2 Å². The van der Waals surface area contributed by atoms with Crippen LogP contribution < -0.4 is 9.64 Å². The monoisotopic (exact) mass is 450 g/mol. The molecule has 4 rings (SSSR count). The van der Waals surface area contributed by atoms with E-state index in [9.17, 15) is 9.90 Å². The summed E-state index contributed by atoms with van der Waals surface area (Å²) in [7, 11) is 1.67. The quantitative estimate of drug-likeness (QED) is 0.423. The van der Waals surface area contributed by atoms with Crippen molar-refractivity contribution in [3.05, 3.63) is 82.6 Å². The molecule has 0 bridgehead atoms. The molecule has 0 spiro atoms. The van der Waals surface area contributed by atoms with Gasteiger partial charge in [0.05, 0.1) is 23.4 Å². The summed E-state index contributed by atoms with van der Waals surface area (Å²) in [4.78, 5) is 17.9. The zero-order chi connectivity index (χ0) is 22.5. The Labute approximate surface area is 193 Å². The van der Waals surface area contributed by atoms with E-state index >= 15 is 0 Å². The summed E-state index contributed by atoms with van der Waals surface area (Å²) in [5, 5.41) is 10.1. The van der Waals surface area contributed by atoms with Gasteiger partial charge in [-0.25, -0.2) is 4.79 Å². The van der Waals surface area contributed by atoms with Gasteiger partial charge < -0.3 is 14.7 Å². The summed E-state index contributed by atoms with van der Waals surface area (Å²) in [6.45, 7) is 0.506. The molecule has 1 aromatic heterocycles. The molecular weight excluding hydrogens is 424 g/mol. The van der Waals surface area contributed by atoms with E-state index in [1.165, 1.54) is 25.7 Å². The molecule has 1 N–H and O–H groups in total. The molecule has 6 heteroatoms. The van der Waals surface area contributed by atoms with Crippen LogP contribution in [0.15, 0.2) is 60.9 Å². The third kappa shape index (κ3) is 5.05. The lowest BCUT2D eigenvalue weighted by atomic mass is 9.96. The van der Waals surface area contributed by atoms with Crippen LogP contribution in [0, 0.1) is 5.92 Å². The molecule has 1 heterocycles. The summed E-state index contributed by atoms with van der Waals surface area (Å²) in [5.41, 5.74) is 3.94. The smallest absolute Gasteiger partial charge is 0.335 e. The molecule has 166 valence electrons. The SMILES string of the molecule is COc1cc(Cl)c(N(Cc2cccnc2)c2cccc(C(=O)O)c2)cc1CC1CCCC1. The minimum absolute atomic E-state index is 0.231. The Hall–Kier alpha value is -3.05. The highest BCUT2D eigenvalue weighted by Gasteiger charge is 2.22. The van der Waals surface area contributed by atoms with Crippen molar-refractivity contribution in [3.63, 3.8) is 0 Å². The number of carboxylic acid groups (broad SMARTS) is 1. The number of hydrogen-bond donors (Lipinski definition) is 1. The molecule has 1 fully saturated rings. The number of benzene rings is 2. The van der Waals surface area contributed by atoms with E-state index in [1.54, 1.807) is 31.5 Å². The Morgan fingerprint density at radius 2 is 2.00 bits per heavy atom. The van der Waals surface area contributed by atoms with Crippen LogP contribution in [0.2, 0.25) is 5.02 Å². The normalized spacial score (nSPS) is 13.8. The number of rotatable bonds is 8. The predicted molar refractivity (Wildman–Crippen MR) is 127 cm³/mol. The lowest BCUT2D eigenvalue weighted by Crippen LogP contribution is -2.18. The number of nitrogens with zero attached hydrogens (tertiary/aromatic N) is 2. The van der Waals surface area contributed by atoms with E-state index in [2.05, 4.69) is 11.1 Å². The Morgan fingerprint density at radius 3 is 2.69 bits per heavy atom. The molecule has 32 heavy (non-hydrogen) atoms. The number of halogens is 1. The van der Waals surface area contributed by atoms with E-state index in [4.69, 9.17) is 16.3 Å². The third-order valence-electron chi connectivity index (χ3n) is 6.09. The van der Waals surface area contributed by atoms with E-state index < -0.39 is 5.97 Å². The molecule has 0 radical (unpaired) electrons. The molecule has 2 aromatic carbocycles. The first kappa shape index (κ1) is 22.2. The predicted octanol–water partition coefficient (Wildman–Crippen LogP) is 6.51. The van der Waals surface area contributed by atoms with Crippen molar-refractivity contribution in [2.45, 2.75) is 38.6 Å². The van der Waals surface area contributed by atoms with Gasteiger partial charge in [-0.15, -0.1) is 0 Å². The summed E-state index contributed by atoms with van der Waals surface area (Å²) < 4.78 is 5.66. The maximum atomic E-state index is 11.6. The van der Waals surface area contributed by atoms with Gasteiger partial charge in [0, 0.05) is 30.7 Å². The second-order valence-corrected chi connectivity index (χ2v) is 8.68. The molecule has 0 atom stereocenters. The van der Waals surface area contributed by atoms with Gasteiger partial charge in [0.1, 0.15) is 5.75 Å². The van der Waals surface area contributed by atoms with Crippen molar-refractivity contribution in [1.29, 1.82) is 0 Å². The van der Waals surface area contributed by atoms with Gasteiger partial charge in [-0.3, -0.25) is 4.98 Å². The van der Waals surface area contributed by atoms with Crippen molar-refractivity contribution in [1.82, 2.24) is 4.98 Å². The van der Waals surface area contributed by atoms with Gasteiger partial charge >= 0.3 is 5.97 Å². The first-order valence-electron chi connectivity index (χ1n) is 10.9. The molecule has 5 nitrogen and oxygen atoms in total. The average molecular weight is 451 g/mol. The highest BCUT2D eigenvalue weighted by atomic mass is 35.5. The van der Waals surface area contributed by atoms with Crippen LogP contribution in [0.1, 0.15) is 47.2 Å². The van der Waals surface area contributed by atoms with Crippen molar-refractivity contribution >= 4 is 28.9 Å². The first-order valence-corrected chi connectivity index (χ1v) is 11.3. The van der Waals surface area contributed by atoms with Gasteiger partial charge in [-0.1, -0.05) is 49.4 Å². The topological polar surface area (TPSA) is 62.7 Å².